The maximum absolute atomic E-state index is 13.9. The van der Waals surface area contributed by atoms with Crippen LogP contribution in [0.25, 0.3) is 21.8 Å². The number of benzene rings is 4. The zero-order chi connectivity index (χ0) is 29.3. The molecule has 0 N–H and O–H groups in total. The molecule has 0 bridgehead atoms. The van der Waals surface area contributed by atoms with E-state index in [9.17, 15) is 9.59 Å². The standard InChI is InChI=1S/C38H41NO2/c1-7-9-13-28(8-2)23-39-34-17-15-29(37(40)31-14-11-10-12-25(31)4)21-32(34)33-22-30(16-18-35(33)39)38(41)36-26(5)19-24(3)20-27(36)6/h10-12,14-22,28H,7-9,13,23H2,1-6H3. The minimum atomic E-state index is 0.0263. The van der Waals surface area contributed by atoms with E-state index in [1.165, 1.54) is 19.3 Å². The zero-order valence-electron chi connectivity index (χ0n) is 25.3. The van der Waals surface area contributed by atoms with Gasteiger partial charge < -0.3 is 4.57 Å². The van der Waals surface area contributed by atoms with Gasteiger partial charge in [-0.05, 0) is 93.1 Å². The van der Waals surface area contributed by atoms with Crippen LogP contribution in [0.5, 0.6) is 0 Å². The molecule has 0 aliphatic rings. The fraction of sp³-hybridized carbons (Fsp3) is 0.316. The molecule has 1 unspecified atom stereocenters. The van der Waals surface area contributed by atoms with Crippen molar-refractivity contribution in [2.75, 3.05) is 0 Å². The predicted octanol–water partition coefficient (Wildman–Crippen LogP) is 9.71. The molecular weight excluding hydrogens is 502 g/mol. The summed E-state index contributed by atoms with van der Waals surface area (Å²) in [4.78, 5) is 27.5. The smallest absolute Gasteiger partial charge is 0.193 e. The summed E-state index contributed by atoms with van der Waals surface area (Å²) < 4.78 is 2.41. The molecule has 3 heteroatoms. The van der Waals surface area contributed by atoms with E-state index in [2.05, 4.69) is 49.6 Å². The number of fused-ring (bicyclic) bond motifs is 3. The van der Waals surface area contributed by atoms with Crippen molar-refractivity contribution < 1.29 is 9.59 Å². The third-order valence-corrected chi connectivity index (χ3v) is 8.67. The summed E-state index contributed by atoms with van der Waals surface area (Å²) in [5.74, 6) is 0.643. The third kappa shape index (κ3) is 5.51. The number of carbonyl (C=O) groups excluding carboxylic acids is 2. The number of unbranched alkanes of at least 4 members (excludes halogenated alkanes) is 1. The molecule has 0 amide bonds. The van der Waals surface area contributed by atoms with Crippen molar-refractivity contribution in [1.82, 2.24) is 4.57 Å². The first kappa shape index (κ1) is 28.5. The molecule has 0 radical (unpaired) electrons. The second kappa shape index (κ2) is 11.9. The van der Waals surface area contributed by atoms with Crippen LogP contribution in [0.3, 0.4) is 0 Å². The Bertz CT molecular complexity index is 1750. The van der Waals surface area contributed by atoms with Gasteiger partial charge in [-0.1, -0.05) is 75.1 Å². The molecule has 1 atom stereocenters. The number of hydrogen-bond acceptors (Lipinski definition) is 2. The van der Waals surface area contributed by atoms with Gasteiger partial charge in [0.25, 0.3) is 0 Å². The van der Waals surface area contributed by atoms with Crippen molar-refractivity contribution in [2.24, 2.45) is 5.92 Å². The Kier molecular flexibility index (Phi) is 8.26. The van der Waals surface area contributed by atoms with Crippen molar-refractivity contribution in [3.63, 3.8) is 0 Å². The van der Waals surface area contributed by atoms with Crippen LogP contribution in [0, 0.1) is 33.6 Å². The second-order valence-electron chi connectivity index (χ2n) is 11.7. The van der Waals surface area contributed by atoms with Crippen LogP contribution in [0.2, 0.25) is 0 Å². The molecule has 0 saturated heterocycles. The fourth-order valence-corrected chi connectivity index (χ4v) is 6.42. The Labute approximate surface area is 244 Å². The number of ketones is 2. The number of aryl methyl sites for hydroxylation is 4. The minimum Gasteiger partial charge on any atom is -0.340 e. The molecule has 3 nitrogen and oxygen atoms in total. The molecule has 210 valence electrons. The van der Waals surface area contributed by atoms with Crippen molar-refractivity contribution in [2.45, 2.75) is 73.8 Å². The van der Waals surface area contributed by atoms with Crippen LogP contribution < -0.4 is 0 Å². The number of rotatable bonds is 10. The summed E-state index contributed by atoms with van der Waals surface area (Å²) in [6.07, 6.45) is 4.73. The highest BCUT2D eigenvalue weighted by Gasteiger charge is 2.21. The molecule has 0 aliphatic heterocycles. The Balaban J connectivity index is 1.68. The van der Waals surface area contributed by atoms with Gasteiger partial charge in [0.15, 0.2) is 11.6 Å². The summed E-state index contributed by atoms with van der Waals surface area (Å²) in [6.45, 7) is 13.5. The predicted molar refractivity (Wildman–Crippen MR) is 171 cm³/mol. The van der Waals surface area contributed by atoms with Crippen LogP contribution in [0.1, 0.15) is 93.6 Å². The minimum absolute atomic E-state index is 0.0263. The average Bonchev–Trinajstić information content (AvgIpc) is 3.26. The van der Waals surface area contributed by atoms with Gasteiger partial charge in [0.05, 0.1) is 0 Å². The fourth-order valence-electron chi connectivity index (χ4n) is 6.42. The zero-order valence-corrected chi connectivity index (χ0v) is 25.3. The van der Waals surface area contributed by atoms with Crippen LogP contribution in [0.15, 0.2) is 72.8 Å². The van der Waals surface area contributed by atoms with Crippen LogP contribution in [-0.4, -0.2) is 16.1 Å². The average molecular weight is 544 g/mol. The van der Waals surface area contributed by atoms with E-state index in [0.717, 1.165) is 68.2 Å². The molecule has 5 aromatic rings. The highest BCUT2D eigenvalue weighted by atomic mass is 16.1. The molecule has 0 saturated carbocycles. The summed E-state index contributed by atoms with van der Waals surface area (Å²) >= 11 is 0. The Hall–Kier alpha value is -3.98. The van der Waals surface area contributed by atoms with Gasteiger partial charge in [0, 0.05) is 50.6 Å². The van der Waals surface area contributed by atoms with E-state index in [0.29, 0.717) is 17.0 Å². The van der Waals surface area contributed by atoms with E-state index < -0.39 is 0 Å². The normalized spacial score (nSPS) is 12.2. The maximum Gasteiger partial charge on any atom is 0.193 e. The first-order valence-corrected chi connectivity index (χ1v) is 15.0. The van der Waals surface area contributed by atoms with Gasteiger partial charge in [0.2, 0.25) is 0 Å². The molecule has 41 heavy (non-hydrogen) atoms. The SMILES string of the molecule is CCCCC(CC)Cn1c2ccc(C(=O)c3ccccc3C)cc2c2cc(C(=O)c3c(C)cc(C)cc3C)ccc21. The van der Waals surface area contributed by atoms with E-state index in [1.54, 1.807) is 0 Å². The molecule has 0 spiro atoms. The quantitative estimate of drug-likeness (QED) is 0.164. The molecule has 0 aliphatic carbocycles. The highest BCUT2D eigenvalue weighted by molar-refractivity contribution is 6.18. The molecule has 4 aromatic carbocycles. The topological polar surface area (TPSA) is 39.1 Å². The largest absolute Gasteiger partial charge is 0.340 e. The number of nitrogens with zero attached hydrogens (tertiary/aromatic N) is 1. The van der Waals surface area contributed by atoms with Crippen molar-refractivity contribution in [3.05, 3.63) is 117 Å². The lowest BCUT2D eigenvalue weighted by atomic mass is 9.92. The lowest BCUT2D eigenvalue weighted by molar-refractivity contribution is 0.103. The molecule has 5 rings (SSSR count). The molecule has 1 heterocycles. The number of aromatic nitrogens is 1. The Morgan fingerprint density at radius 2 is 1.29 bits per heavy atom. The highest BCUT2D eigenvalue weighted by Crippen LogP contribution is 2.34. The van der Waals surface area contributed by atoms with Crippen LogP contribution in [0.4, 0.5) is 0 Å². The van der Waals surface area contributed by atoms with E-state index in [4.69, 9.17) is 0 Å². The molecular formula is C38H41NO2. The third-order valence-electron chi connectivity index (χ3n) is 8.67. The number of carbonyl (C=O) groups is 2. The van der Waals surface area contributed by atoms with Crippen LogP contribution in [-0.2, 0) is 6.54 Å². The van der Waals surface area contributed by atoms with Crippen molar-refractivity contribution in [3.8, 4) is 0 Å². The lowest BCUT2D eigenvalue weighted by Gasteiger charge is -2.17. The van der Waals surface area contributed by atoms with Gasteiger partial charge in [-0.15, -0.1) is 0 Å². The van der Waals surface area contributed by atoms with E-state index in [-0.39, 0.29) is 11.6 Å². The van der Waals surface area contributed by atoms with Gasteiger partial charge in [-0.2, -0.15) is 0 Å². The summed E-state index contributed by atoms with van der Waals surface area (Å²) in [6, 6.07) is 24.1. The van der Waals surface area contributed by atoms with Gasteiger partial charge in [-0.3, -0.25) is 9.59 Å². The van der Waals surface area contributed by atoms with E-state index >= 15 is 0 Å². The van der Waals surface area contributed by atoms with Crippen molar-refractivity contribution in [1.29, 1.82) is 0 Å². The van der Waals surface area contributed by atoms with Gasteiger partial charge in [0.1, 0.15) is 0 Å². The van der Waals surface area contributed by atoms with Crippen molar-refractivity contribution >= 4 is 33.4 Å². The van der Waals surface area contributed by atoms with Crippen LogP contribution >= 0.6 is 0 Å². The monoisotopic (exact) mass is 543 g/mol. The Morgan fingerprint density at radius 3 is 1.85 bits per heavy atom. The molecule has 1 aromatic heterocycles. The summed E-state index contributed by atoms with van der Waals surface area (Å²) in [5, 5.41) is 2.05. The maximum atomic E-state index is 13.9. The lowest BCUT2D eigenvalue weighted by Crippen LogP contribution is -2.10. The Morgan fingerprint density at radius 1 is 0.707 bits per heavy atom. The second-order valence-corrected chi connectivity index (χ2v) is 11.7. The van der Waals surface area contributed by atoms with Gasteiger partial charge in [-0.25, -0.2) is 0 Å². The van der Waals surface area contributed by atoms with Gasteiger partial charge >= 0.3 is 0 Å². The number of hydrogen-bond donors (Lipinski definition) is 0. The van der Waals surface area contributed by atoms with E-state index in [1.807, 2.05) is 69.3 Å². The summed E-state index contributed by atoms with van der Waals surface area (Å²) in [5.41, 5.74) is 9.22. The first-order chi connectivity index (χ1) is 19.7. The first-order valence-electron chi connectivity index (χ1n) is 15.0. The molecule has 0 fully saturated rings. The summed E-state index contributed by atoms with van der Waals surface area (Å²) in [7, 11) is 0.